The molecule has 1 aliphatic rings. The number of hydrogen-bond donors (Lipinski definition) is 0. The number of benzene rings is 1. The van der Waals surface area contributed by atoms with E-state index in [0.717, 1.165) is 5.56 Å². The molecule has 0 bridgehead atoms. The molecule has 74 valence electrons. The molecule has 0 spiro atoms. The summed E-state index contributed by atoms with van der Waals surface area (Å²) in [7, 11) is 0. The van der Waals surface area contributed by atoms with E-state index in [-0.39, 0.29) is 5.78 Å². The molecule has 1 saturated heterocycles. The van der Waals surface area contributed by atoms with Crippen molar-refractivity contribution in [3.8, 4) is 0 Å². The Morgan fingerprint density at radius 2 is 2.21 bits per heavy atom. The predicted octanol–water partition coefficient (Wildman–Crippen LogP) is 3.11. The van der Waals surface area contributed by atoms with E-state index in [1.54, 1.807) is 6.92 Å². The van der Waals surface area contributed by atoms with E-state index in [4.69, 9.17) is 0 Å². The number of carbonyl (C=O) groups is 1. The Labute approximate surface area is 88.9 Å². The van der Waals surface area contributed by atoms with Gasteiger partial charge >= 0.3 is 0 Å². The Morgan fingerprint density at radius 3 is 2.86 bits per heavy atom. The average Bonchev–Trinajstić information content (AvgIpc) is 2.70. The van der Waals surface area contributed by atoms with Crippen LogP contribution in [0.3, 0.4) is 0 Å². The summed E-state index contributed by atoms with van der Waals surface area (Å²) in [6, 6.07) is 8.03. The summed E-state index contributed by atoms with van der Waals surface area (Å²) in [6.45, 7) is 1.65. The maximum absolute atomic E-state index is 11.4. The van der Waals surface area contributed by atoms with Gasteiger partial charge in [0.15, 0.2) is 5.78 Å². The standard InChI is InChI=1S/C12H14OS/c1-9(13)11-4-2-3-5-12(11)10-6-7-14-8-10/h2-5,10H,6-8H2,1H3. The average molecular weight is 206 g/mol. The van der Waals surface area contributed by atoms with Crippen LogP contribution >= 0.6 is 11.8 Å². The third-order valence-corrected chi connectivity index (χ3v) is 3.87. The summed E-state index contributed by atoms with van der Waals surface area (Å²) in [4.78, 5) is 11.4. The van der Waals surface area contributed by atoms with Crippen LogP contribution in [-0.2, 0) is 0 Å². The van der Waals surface area contributed by atoms with Gasteiger partial charge in [-0.25, -0.2) is 0 Å². The van der Waals surface area contributed by atoms with Gasteiger partial charge in [0.2, 0.25) is 0 Å². The number of rotatable bonds is 2. The Balaban J connectivity index is 2.35. The number of Topliss-reactive ketones (excluding diaryl/α,β-unsaturated/α-hetero) is 1. The summed E-state index contributed by atoms with van der Waals surface area (Å²) >= 11 is 1.99. The van der Waals surface area contributed by atoms with Crippen molar-refractivity contribution in [1.29, 1.82) is 0 Å². The maximum atomic E-state index is 11.4. The van der Waals surface area contributed by atoms with Crippen molar-refractivity contribution in [2.24, 2.45) is 0 Å². The zero-order valence-electron chi connectivity index (χ0n) is 8.32. The smallest absolute Gasteiger partial charge is 0.160 e. The number of hydrogen-bond acceptors (Lipinski definition) is 2. The second kappa shape index (κ2) is 4.18. The predicted molar refractivity (Wildman–Crippen MR) is 61.1 cm³/mol. The van der Waals surface area contributed by atoms with Crippen LogP contribution in [0.2, 0.25) is 0 Å². The van der Waals surface area contributed by atoms with Crippen molar-refractivity contribution in [2.75, 3.05) is 11.5 Å². The van der Waals surface area contributed by atoms with Gasteiger partial charge in [0.05, 0.1) is 0 Å². The van der Waals surface area contributed by atoms with Gasteiger partial charge in [-0.15, -0.1) is 0 Å². The van der Waals surface area contributed by atoms with E-state index in [0.29, 0.717) is 5.92 Å². The van der Waals surface area contributed by atoms with Crippen molar-refractivity contribution < 1.29 is 4.79 Å². The van der Waals surface area contributed by atoms with Crippen molar-refractivity contribution >= 4 is 17.5 Å². The summed E-state index contributed by atoms with van der Waals surface area (Å²) in [5.41, 5.74) is 2.17. The number of ketones is 1. The molecule has 0 N–H and O–H groups in total. The molecule has 14 heavy (non-hydrogen) atoms. The summed E-state index contributed by atoms with van der Waals surface area (Å²) in [6.07, 6.45) is 1.22. The third kappa shape index (κ3) is 1.85. The van der Waals surface area contributed by atoms with Gasteiger partial charge in [0.1, 0.15) is 0 Å². The molecule has 1 aromatic rings. The fourth-order valence-corrected chi connectivity index (χ4v) is 3.20. The quantitative estimate of drug-likeness (QED) is 0.692. The van der Waals surface area contributed by atoms with E-state index in [2.05, 4.69) is 6.07 Å². The van der Waals surface area contributed by atoms with Crippen molar-refractivity contribution in [1.82, 2.24) is 0 Å². The highest BCUT2D eigenvalue weighted by molar-refractivity contribution is 7.99. The van der Waals surface area contributed by atoms with Gasteiger partial charge in [0.25, 0.3) is 0 Å². The van der Waals surface area contributed by atoms with Gasteiger partial charge in [-0.3, -0.25) is 4.79 Å². The van der Waals surface area contributed by atoms with Crippen molar-refractivity contribution in [2.45, 2.75) is 19.3 Å². The minimum absolute atomic E-state index is 0.192. The van der Waals surface area contributed by atoms with E-state index < -0.39 is 0 Å². The lowest BCUT2D eigenvalue weighted by molar-refractivity contribution is 0.101. The third-order valence-electron chi connectivity index (χ3n) is 2.71. The molecule has 0 saturated carbocycles. The van der Waals surface area contributed by atoms with Gasteiger partial charge in [-0.05, 0) is 30.6 Å². The van der Waals surface area contributed by atoms with Gasteiger partial charge in [0, 0.05) is 11.3 Å². The molecule has 1 aliphatic heterocycles. The Hall–Kier alpha value is -0.760. The molecule has 0 aliphatic carbocycles. The molecule has 1 nitrogen and oxygen atoms in total. The maximum Gasteiger partial charge on any atom is 0.160 e. The minimum atomic E-state index is 0.192. The highest BCUT2D eigenvalue weighted by Gasteiger charge is 2.20. The topological polar surface area (TPSA) is 17.1 Å². The summed E-state index contributed by atoms with van der Waals surface area (Å²) in [5, 5.41) is 0. The largest absolute Gasteiger partial charge is 0.295 e. The van der Waals surface area contributed by atoms with Gasteiger partial charge in [-0.2, -0.15) is 11.8 Å². The molecular weight excluding hydrogens is 192 g/mol. The Bertz CT molecular complexity index is 340. The minimum Gasteiger partial charge on any atom is -0.295 e. The molecule has 2 heteroatoms. The molecule has 1 aromatic carbocycles. The highest BCUT2D eigenvalue weighted by Crippen LogP contribution is 2.34. The second-order valence-corrected chi connectivity index (χ2v) is 4.85. The number of carbonyl (C=O) groups excluding carboxylic acids is 1. The Kier molecular flexibility index (Phi) is 2.92. The molecule has 1 unspecified atom stereocenters. The van der Waals surface area contributed by atoms with E-state index in [1.165, 1.54) is 23.5 Å². The fraction of sp³-hybridized carbons (Fsp3) is 0.417. The van der Waals surface area contributed by atoms with Gasteiger partial charge in [-0.1, -0.05) is 24.3 Å². The van der Waals surface area contributed by atoms with Crippen LogP contribution in [-0.4, -0.2) is 17.3 Å². The lowest BCUT2D eigenvalue weighted by Gasteiger charge is -2.12. The first-order chi connectivity index (χ1) is 6.79. The highest BCUT2D eigenvalue weighted by atomic mass is 32.2. The first-order valence-corrected chi connectivity index (χ1v) is 6.12. The zero-order chi connectivity index (χ0) is 9.97. The van der Waals surface area contributed by atoms with Crippen LogP contribution in [0.1, 0.15) is 35.2 Å². The summed E-state index contributed by atoms with van der Waals surface area (Å²) in [5.74, 6) is 3.19. The molecular formula is C12H14OS. The van der Waals surface area contributed by atoms with E-state index in [9.17, 15) is 4.79 Å². The van der Waals surface area contributed by atoms with Crippen LogP contribution in [0.15, 0.2) is 24.3 Å². The first-order valence-electron chi connectivity index (χ1n) is 4.96. The molecule has 1 heterocycles. The van der Waals surface area contributed by atoms with Crippen molar-refractivity contribution in [3.05, 3.63) is 35.4 Å². The van der Waals surface area contributed by atoms with Crippen molar-refractivity contribution in [3.63, 3.8) is 0 Å². The van der Waals surface area contributed by atoms with Crippen LogP contribution in [0, 0.1) is 0 Å². The zero-order valence-corrected chi connectivity index (χ0v) is 9.14. The lowest BCUT2D eigenvalue weighted by Crippen LogP contribution is -2.04. The molecule has 2 rings (SSSR count). The second-order valence-electron chi connectivity index (χ2n) is 3.70. The molecule has 1 fully saturated rings. The normalized spacial score (nSPS) is 21.1. The molecule has 0 aromatic heterocycles. The fourth-order valence-electron chi connectivity index (χ4n) is 1.95. The lowest BCUT2D eigenvalue weighted by atomic mass is 9.92. The molecule has 0 radical (unpaired) electrons. The molecule has 1 atom stereocenters. The molecule has 0 amide bonds. The van der Waals surface area contributed by atoms with Gasteiger partial charge < -0.3 is 0 Å². The van der Waals surface area contributed by atoms with Crippen LogP contribution in [0.5, 0.6) is 0 Å². The van der Waals surface area contributed by atoms with Crippen LogP contribution in [0.25, 0.3) is 0 Å². The SMILES string of the molecule is CC(=O)c1ccccc1C1CCSC1. The summed E-state index contributed by atoms with van der Waals surface area (Å²) < 4.78 is 0. The monoisotopic (exact) mass is 206 g/mol. The number of thioether (sulfide) groups is 1. The first kappa shape index (κ1) is 9.78. The van der Waals surface area contributed by atoms with E-state index >= 15 is 0 Å². The van der Waals surface area contributed by atoms with E-state index in [1.807, 2.05) is 30.0 Å². The van der Waals surface area contributed by atoms with Crippen LogP contribution < -0.4 is 0 Å². The van der Waals surface area contributed by atoms with Crippen LogP contribution in [0.4, 0.5) is 0 Å². The Morgan fingerprint density at radius 1 is 1.43 bits per heavy atom.